The number of hydrogen-bond donors (Lipinski definition) is 1. The summed E-state index contributed by atoms with van der Waals surface area (Å²) in [5.74, 6) is 0. The Labute approximate surface area is 118 Å². The molecule has 4 nitrogen and oxygen atoms in total. The van der Waals surface area contributed by atoms with Crippen LogP contribution in [0.4, 0.5) is 0 Å². The smallest absolute Gasteiger partial charge is 0.0480 e. The van der Waals surface area contributed by atoms with Crippen LogP contribution in [0, 0.1) is 0 Å². The van der Waals surface area contributed by atoms with Gasteiger partial charge in [-0.1, -0.05) is 6.42 Å². The molecule has 0 saturated carbocycles. The molecule has 0 aromatic carbocycles. The molecule has 0 amide bonds. The SMILES string of the molecule is NCCCCCN1CCCN(C2CCOCC2)CC1. The summed E-state index contributed by atoms with van der Waals surface area (Å²) in [4.78, 5) is 5.36. The van der Waals surface area contributed by atoms with Crippen LogP contribution in [0.1, 0.15) is 38.5 Å². The van der Waals surface area contributed by atoms with Crippen LogP contribution in [-0.2, 0) is 4.74 Å². The first-order valence-electron chi connectivity index (χ1n) is 8.14. The molecule has 2 fully saturated rings. The van der Waals surface area contributed by atoms with Gasteiger partial charge in [0, 0.05) is 32.3 Å². The van der Waals surface area contributed by atoms with Gasteiger partial charge in [0.1, 0.15) is 0 Å². The predicted octanol–water partition coefficient (Wildman–Crippen LogP) is 1.30. The first-order chi connectivity index (χ1) is 9.40. The zero-order valence-electron chi connectivity index (χ0n) is 12.4. The summed E-state index contributed by atoms with van der Waals surface area (Å²) in [5.41, 5.74) is 5.54. The van der Waals surface area contributed by atoms with Crippen LogP contribution in [0.15, 0.2) is 0 Å². The summed E-state index contributed by atoms with van der Waals surface area (Å²) in [6.07, 6.45) is 7.58. The lowest BCUT2D eigenvalue weighted by molar-refractivity contribution is 0.0354. The number of nitrogens with zero attached hydrogens (tertiary/aromatic N) is 2. The van der Waals surface area contributed by atoms with E-state index in [9.17, 15) is 0 Å². The molecule has 0 aromatic rings. The maximum atomic E-state index is 5.54. The van der Waals surface area contributed by atoms with Gasteiger partial charge in [0.05, 0.1) is 0 Å². The summed E-state index contributed by atoms with van der Waals surface area (Å²) in [6.45, 7) is 9.10. The van der Waals surface area contributed by atoms with Crippen molar-refractivity contribution in [1.82, 2.24) is 9.80 Å². The minimum atomic E-state index is 0.783. The third kappa shape index (κ3) is 5.38. The molecule has 2 N–H and O–H groups in total. The molecular formula is C15H31N3O. The lowest BCUT2D eigenvalue weighted by Crippen LogP contribution is -2.41. The number of unbranched alkanes of at least 4 members (excludes halogenated alkanes) is 2. The first kappa shape index (κ1) is 15.2. The standard InChI is InChI=1S/C15H31N3O/c16-7-2-1-3-8-17-9-4-10-18(12-11-17)15-5-13-19-14-6-15/h15H,1-14,16H2. The van der Waals surface area contributed by atoms with Crippen molar-refractivity contribution < 1.29 is 4.74 Å². The Bertz CT molecular complexity index is 231. The van der Waals surface area contributed by atoms with Crippen LogP contribution < -0.4 is 5.73 Å². The van der Waals surface area contributed by atoms with Crippen molar-refractivity contribution in [2.24, 2.45) is 5.73 Å². The second-order valence-corrected chi connectivity index (χ2v) is 5.92. The van der Waals surface area contributed by atoms with E-state index in [1.165, 1.54) is 71.2 Å². The summed E-state index contributed by atoms with van der Waals surface area (Å²) in [6, 6.07) is 0.783. The summed E-state index contributed by atoms with van der Waals surface area (Å²) in [7, 11) is 0. The minimum Gasteiger partial charge on any atom is -0.381 e. The molecule has 2 aliphatic rings. The fourth-order valence-electron chi connectivity index (χ4n) is 3.29. The van der Waals surface area contributed by atoms with Crippen molar-refractivity contribution in [3.05, 3.63) is 0 Å². The number of ether oxygens (including phenoxy) is 1. The lowest BCUT2D eigenvalue weighted by atomic mass is 10.1. The van der Waals surface area contributed by atoms with Crippen molar-refractivity contribution in [2.45, 2.75) is 44.6 Å². The van der Waals surface area contributed by atoms with E-state index >= 15 is 0 Å². The molecule has 4 heteroatoms. The second kappa shape index (κ2) is 8.90. The van der Waals surface area contributed by atoms with Gasteiger partial charge in [-0.25, -0.2) is 0 Å². The van der Waals surface area contributed by atoms with Crippen molar-refractivity contribution in [1.29, 1.82) is 0 Å². The van der Waals surface area contributed by atoms with Gasteiger partial charge < -0.3 is 15.4 Å². The van der Waals surface area contributed by atoms with Crippen molar-refractivity contribution in [2.75, 3.05) is 52.5 Å². The molecule has 0 unspecified atom stereocenters. The highest BCUT2D eigenvalue weighted by Gasteiger charge is 2.23. The van der Waals surface area contributed by atoms with E-state index < -0.39 is 0 Å². The quantitative estimate of drug-likeness (QED) is 0.738. The van der Waals surface area contributed by atoms with Gasteiger partial charge >= 0.3 is 0 Å². The van der Waals surface area contributed by atoms with E-state index in [2.05, 4.69) is 9.80 Å². The molecule has 112 valence electrons. The maximum Gasteiger partial charge on any atom is 0.0480 e. The molecule has 0 bridgehead atoms. The topological polar surface area (TPSA) is 41.7 Å². The zero-order chi connectivity index (χ0) is 13.3. The molecule has 2 saturated heterocycles. The molecular weight excluding hydrogens is 238 g/mol. The maximum absolute atomic E-state index is 5.54. The number of hydrogen-bond acceptors (Lipinski definition) is 4. The largest absolute Gasteiger partial charge is 0.381 e. The van der Waals surface area contributed by atoms with Crippen molar-refractivity contribution in [3.8, 4) is 0 Å². The van der Waals surface area contributed by atoms with Crippen LogP contribution in [-0.4, -0.2) is 68.3 Å². The van der Waals surface area contributed by atoms with Gasteiger partial charge in [-0.15, -0.1) is 0 Å². The Hall–Kier alpha value is -0.160. The molecule has 2 aliphatic heterocycles. The predicted molar refractivity (Wildman–Crippen MR) is 79.4 cm³/mol. The Morgan fingerprint density at radius 1 is 0.947 bits per heavy atom. The molecule has 2 rings (SSSR count). The van der Waals surface area contributed by atoms with Gasteiger partial charge in [-0.3, -0.25) is 4.90 Å². The number of nitrogens with two attached hydrogens (primary N) is 1. The van der Waals surface area contributed by atoms with E-state index in [1.807, 2.05) is 0 Å². The molecule has 0 spiro atoms. The van der Waals surface area contributed by atoms with Gasteiger partial charge in [0.2, 0.25) is 0 Å². The highest BCUT2D eigenvalue weighted by molar-refractivity contribution is 4.78. The van der Waals surface area contributed by atoms with E-state index in [0.717, 1.165) is 25.8 Å². The van der Waals surface area contributed by atoms with Crippen LogP contribution in [0.2, 0.25) is 0 Å². The molecule has 2 heterocycles. The van der Waals surface area contributed by atoms with Crippen molar-refractivity contribution >= 4 is 0 Å². The van der Waals surface area contributed by atoms with E-state index in [1.54, 1.807) is 0 Å². The molecule has 0 aliphatic carbocycles. The highest BCUT2D eigenvalue weighted by Crippen LogP contribution is 2.16. The summed E-state index contributed by atoms with van der Waals surface area (Å²) >= 11 is 0. The lowest BCUT2D eigenvalue weighted by Gasteiger charge is -2.33. The van der Waals surface area contributed by atoms with E-state index in [0.29, 0.717) is 0 Å². The Morgan fingerprint density at radius 2 is 1.79 bits per heavy atom. The molecule has 0 aromatic heterocycles. The fraction of sp³-hybridized carbons (Fsp3) is 1.00. The minimum absolute atomic E-state index is 0.783. The van der Waals surface area contributed by atoms with E-state index in [-0.39, 0.29) is 0 Å². The average molecular weight is 269 g/mol. The van der Waals surface area contributed by atoms with Crippen LogP contribution in [0.25, 0.3) is 0 Å². The Kier molecular flexibility index (Phi) is 7.14. The highest BCUT2D eigenvalue weighted by atomic mass is 16.5. The first-order valence-corrected chi connectivity index (χ1v) is 8.14. The summed E-state index contributed by atoms with van der Waals surface area (Å²) < 4.78 is 5.47. The van der Waals surface area contributed by atoms with Gasteiger partial charge in [0.15, 0.2) is 0 Å². The molecule has 0 atom stereocenters. The molecule has 19 heavy (non-hydrogen) atoms. The second-order valence-electron chi connectivity index (χ2n) is 5.92. The third-order valence-electron chi connectivity index (χ3n) is 4.51. The zero-order valence-corrected chi connectivity index (χ0v) is 12.4. The molecule has 0 radical (unpaired) electrons. The van der Waals surface area contributed by atoms with Crippen LogP contribution >= 0.6 is 0 Å². The Balaban J connectivity index is 1.65. The van der Waals surface area contributed by atoms with Gasteiger partial charge in [-0.2, -0.15) is 0 Å². The number of rotatable bonds is 6. The monoisotopic (exact) mass is 269 g/mol. The van der Waals surface area contributed by atoms with E-state index in [4.69, 9.17) is 10.5 Å². The Morgan fingerprint density at radius 3 is 2.58 bits per heavy atom. The van der Waals surface area contributed by atoms with Crippen LogP contribution in [0.5, 0.6) is 0 Å². The fourth-order valence-corrected chi connectivity index (χ4v) is 3.29. The average Bonchev–Trinajstić information content (AvgIpc) is 2.70. The van der Waals surface area contributed by atoms with Gasteiger partial charge in [-0.05, 0) is 58.3 Å². The van der Waals surface area contributed by atoms with Crippen molar-refractivity contribution in [3.63, 3.8) is 0 Å². The van der Waals surface area contributed by atoms with Crippen LogP contribution in [0.3, 0.4) is 0 Å². The summed E-state index contributed by atoms with van der Waals surface area (Å²) in [5, 5.41) is 0. The third-order valence-corrected chi connectivity index (χ3v) is 4.51. The normalized spacial score (nSPS) is 24.5. The van der Waals surface area contributed by atoms with Gasteiger partial charge in [0.25, 0.3) is 0 Å².